The van der Waals surface area contributed by atoms with Crippen LogP contribution >= 0.6 is 0 Å². The van der Waals surface area contributed by atoms with E-state index in [2.05, 4.69) is 41.8 Å². The standard InChI is InChI=1S/C14H27N3O/c1-6-13(11(2)3)16-14-15-12(4)10-17(14)8-7-9-18-5/h10-11,13H,6-9H2,1-5H3,(H,15,16). The van der Waals surface area contributed by atoms with Crippen molar-refractivity contribution in [3.05, 3.63) is 11.9 Å². The molecule has 1 unspecified atom stereocenters. The number of nitrogens with one attached hydrogen (secondary N) is 1. The molecule has 0 aromatic carbocycles. The van der Waals surface area contributed by atoms with Crippen LogP contribution in [0.15, 0.2) is 6.20 Å². The minimum Gasteiger partial charge on any atom is -0.385 e. The van der Waals surface area contributed by atoms with Crippen molar-refractivity contribution < 1.29 is 4.74 Å². The number of aromatic nitrogens is 2. The van der Waals surface area contributed by atoms with Crippen LogP contribution in [-0.2, 0) is 11.3 Å². The van der Waals surface area contributed by atoms with Gasteiger partial charge in [-0.2, -0.15) is 0 Å². The van der Waals surface area contributed by atoms with Crippen molar-refractivity contribution in [1.82, 2.24) is 9.55 Å². The van der Waals surface area contributed by atoms with E-state index < -0.39 is 0 Å². The number of nitrogens with zero attached hydrogens (tertiary/aromatic N) is 2. The van der Waals surface area contributed by atoms with Crippen LogP contribution in [0.3, 0.4) is 0 Å². The normalized spacial score (nSPS) is 13.0. The van der Waals surface area contributed by atoms with Gasteiger partial charge in [-0.1, -0.05) is 20.8 Å². The molecule has 1 N–H and O–H groups in total. The monoisotopic (exact) mass is 253 g/mol. The fourth-order valence-electron chi connectivity index (χ4n) is 2.12. The van der Waals surface area contributed by atoms with E-state index in [0.717, 1.165) is 37.6 Å². The summed E-state index contributed by atoms with van der Waals surface area (Å²) in [4.78, 5) is 4.57. The highest BCUT2D eigenvalue weighted by Gasteiger charge is 2.14. The smallest absolute Gasteiger partial charge is 0.203 e. The Morgan fingerprint density at radius 3 is 2.72 bits per heavy atom. The van der Waals surface area contributed by atoms with Crippen LogP contribution in [0.1, 0.15) is 39.3 Å². The summed E-state index contributed by atoms with van der Waals surface area (Å²) in [6, 6.07) is 0.480. The van der Waals surface area contributed by atoms with E-state index in [4.69, 9.17) is 4.74 Å². The van der Waals surface area contributed by atoms with Crippen LogP contribution in [-0.4, -0.2) is 29.3 Å². The Labute approximate surface area is 111 Å². The van der Waals surface area contributed by atoms with E-state index in [1.54, 1.807) is 7.11 Å². The minimum absolute atomic E-state index is 0.480. The topological polar surface area (TPSA) is 39.1 Å². The summed E-state index contributed by atoms with van der Waals surface area (Å²) < 4.78 is 7.29. The van der Waals surface area contributed by atoms with E-state index in [-0.39, 0.29) is 0 Å². The van der Waals surface area contributed by atoms with Crippen LogP contribution in [0, 0.1) is 12.8 Å². The Hall–Kier alpha value is -1.03. The fraction of sp³-hybridized carbons (Fsp3) is 0.786. The van der Waals surface area contributed by atoms with E-state index >= 15 is 0 Å². The SMILES string of the molecule is CCC(Nc1nc(C)cn1CCCOC)C(C)C. The van der Waals surface area contributed by atoms with Crippen molar-refractivity contribution in [1.29, 1.82) is 0 Å². The third kappa shape index (κ3) is 4.33. The van der Waals surface area contributed by atoms with E-state index in [1.165, 1.54) is 0 Å². The van der Waals surface area contributed by atoms with Crippen LogP contribution in [0.25, 0.3) is 0 Å². The molecule has 18 heavy (non-hydrogen) atoms. The van der Waals surface area contributed by atoms with Crippen LogP contribution in [0.4, 0.5) is 5.95 Å². The van der Waals surface area contributed by atoms with Crippen LogP contribution in [0.2, 0.25) is 0 Å². The quantitative estimate of drug-likeness (QED) is 0.724. The van der Waals surface area contributed by atoms with Crippen molar-refractivity contribution >= 4 is 5.95 Å². The Balaban J connectivity index is 2.68. The summed E-state index contributed by atoms with van der Waals surface area (Å²) in [5.74, 6) is 1.60. The molecule has 0 saturated heterocycles. The molecule has 4 nitrogen and oxygen atoms in total. The summed E-state index contributed by atoms with van der Waals surface area (Å²) in [7, 11) is 1.74. The molecule has 0 aliphatic heterocycles. The zero-order valence-electron chi connectivity index (χ0n) is 12.4. The Morgan fingerprint density at radius 1 is 1.44 bits per heavy atom. The maximum absolute atomic E-state index is 5.10. The average Bonchev–Trinajstić information content (AvgIpc) is 2.66. The third-order valence-corrected chi connectivity index (χ3v) is 3.20. The molecule has 4 heteroatoms. The van der Waals surface area contributed by atoms with Gasteiger partial charge in [-0.05, 0) is 25.7 Å². The number of hydrogen-bond donors (Lipinski definition) is 1. The molecule has 1 atom stereocenters. The van der Waals surface area contributed by atoms with Crippen molar-refractivity contribution in [2.24, 2.45) is 5.92 Å². The maximum atomic E-state index is 5.10. The summed E-state index contributed by atoms with van der Waals surface area (Å²) in [5.41, 5.74) is 1.06. The number of rotatable bonds is 8. The third-order valence-electron chi connectivity index (χ3n) is 3.20. The lowest BCUT2D eigenvalue weighted by Gasteiger charge is -2.21. The number of methoxy groups -OCH3 is 1. The summed E-state index contributed by atoms with van der Waals surface area (Å²) in [5, 5.41) is 3.56. The molecular weight excluding hydrogens is 226 g/mol. The highest BCUT2D eigenvalue weighted by molar-refractivity contribution is 5.30. The van der Waals surface area contributed by atoms with E-state index in [1.807, 2.05) is 6.92 Å². The lowest BCUT2D eigenvalue weighted by molar-refractivity contribution is 0.190. The van der Waals surface area contributed by atoms with Crippen molar-refractivity contribution in [3.8, 4) is 0 Å². The van der Waals surface area contributed by atoms with Crippen LogP contribution < -0.4 is 5.32 Å². The molecule has 1 heterocycles. The average molecular weight is 253 g/mol. The molecule has 1 rings (SSSR count). The Morgan fingerprint density at radius 2 is 2.17 bits per heavy atom. The Kier molecular flexibility index (Phi) is 6.19. The van der Waals surface area contributed by atoms with Gasteiger partial charge in [-0.15, -0.1) is 0 Å². The first-order chi connectivity index (χ1) is 8.58. The zero-order valence-corrected chi connectivity index (χ0v) is 12.4. The fourth-order valence-corrected chi connectivity index (χ4v) is 2.12. The molecule has 0 spiro atoms. The van der Waals surface area contributed by atoms with Gasteiger partial charge in [0.2, 0.25) is 5.95 Å². The summed E-state index contributed by atoms with van der Waals surface area (Å²) in [6.45, 7) is 10.5. The number of anilines is 1. The van der Waals surface area contributed by atoms with Gasteiger partial charge in [0.15, 0.2) is 0 Å². The summed E-state index contributed by atoms with van der Waals surface area (Å²) in [6.07, 6.45) is 4.23. The molecule has 0 amide bonds. The van der Waals surface area contributed by atoms with Gasteiger partial charge in [0.05, 0.1) is 5.69 Å². The number of ether oxygens (including phenoxy) is 1. The molecule has 0 fully saturated rings. The largest absolute Gasteiger partial charge is 0.385 e. The molecule has 0 aliphatic rings. The number of imidazole rings is 1. The highest BCUT2D eigenvalue weighted by atomic mass is 16.5. The van der Waals surface area contributed by atoms with E-state index in [9.17, 15) is 0 Å². The van der Waals surface area contributed by atoms with Gasteiger partial charge < -0.3 is 14.6 Å². The molecule has 0 aliphatic carbocycles. The van der Waals surface area contributed by atoms with Crippen molar-refractivity contribution in [2.45, 2.75) is 53.1 Å². The first kappa shape index (κ1) is 15.0. The second-order valence-electron chi connectivity index (χ2n) is 5.15. The first-order valence-electron chi connectivity index (χ1n) is 6.87. The second-order valence-corrected chi connectivity index (χ2v) is 5.15. The van der Waals surface area contributed by atoms with Gasteiger partial charge in [0.25, 0.3) is 0 Å². The Bertz CT molecular complexity index is 347. The van der Waals surface area contributed by atoms with Gasteiger partial charge in [-0.25, -0.2) is 4.98 Å². The molecule has 0 radical (unpaired) electrons. The van der Waals surface area contributed by atoms with Gasteiger partial charge in [-0.3, -0.25) is 0 Å². The second kappa shape index (κ2) is 7.41. The van der Waals surface area contributed by atoms with Crippen LogP contribution in [0.5, 0.6) is 0 Å². The lowest BCUT2D eigenvalue weighted by atomic mass is 10.0. The van der Waals surface area contributed by atoms with Crippen molar-refractivity contribution in [2.75, 3.05) is 19.0 Å². The van der Waals surface area contributed by atoms with E-state index in [0.29, 0.717) is 12.0 Å². The molecule has 0 saturated carbocycles. The van der Waals surface area contributed by atoms with Gasteiger partial charge in [0, 0.05) is 32.5 Å². The van der Waals surface area contributed by atoms with Crippen molar-refractivity contribution in [3.63, 3.8) is 0 Å². The highest BCUT2D eigenvalue weighted by Crippen LogP contribution is 2.15. The molecule has 1 aromatic rings. The zero-order chi connectivity index (χ0) is 13.5. The van der Waals surface area contributed by atoms with Gasteiger partial charge >= 0.3 is 0 Å². The molecule has 104 valence electrons. The molecular formula is C14H27N3O. The molecule has 1 aromatic heterocycles. The molecule has 0 bridgehead atoms. The van der Waals surface area contributed by atoms with Gasteiger partial charge in [0.1, 0.15) is 0 Å². The number of aryl methyl sites for hydroxylation is 2. The minimum atomic E-state index is 0.480. The first-order valence-corrected chi connectivity index (χ1v) is 6.87. The predicted octanol–water partition coefficient (Wildman–Crippen LogP) is 3.07. The maximum Gasteiger partial charge on any atom is 0.203 e. The lowest BCUT2D eigenvalue weighted by Crippen LogP contribution is -2.26. The number of hydrogen-bond acceptors (Lipinski definition) is 3. The predicted molar refractivity (Wildman–Crippen MR) is 76.0 cm³/mol. The summed E-state index contributed by atoms with van der Waals surface area (Å²) >= 11 is 0.